The first kappa shape index (κ1) is 14.2. The Hall–Kier alpha value is -1.82. The van der Waals surface area contributed by atoms with E-state index in [-0.39, 0.29) is 30.9 Å². The van der Waals surface area contributed by atoms with E-state index in [0.717, 1.165) is 12.1 Å². The highest BCUT2D eigenvalue weighted by Gasteiger charge is 2.12. The second kappa shape index (κ2) is 6.20. The summed E-state index contributed by atoms with van der Waals surface area (Å²) in [4.78, 5) is 23.5. The quantitative estimate of drug-likeness (QED) is 0.786. The molecule has 0 amide bonds. The van der Waals surface area contributed by atoms with Gasteiger partial charge in [-0.25, -0.2) is 8.78 Å². The summed E-state index contributed by atoms with van der Waals surface area (Å²) in [5, 5.41) is 8.48. The smallest absolute Gasteiger partial charge is 0.304 e. The molecule has 1 aromatic rings. The SMILES string of the molecule is CN(CCC(=O)O)CC(=O)c1ccc(F)c(F)c1. The predicted molar refractivity (Wildman–Crippen MR) is 60.4 cm³/mol. The minimum absolute atomic E-state index is 0.0433. The minimum Gasteiger partial charge on any atom is -0.481 e. The van der Waals surface area contributed by atoms with E-state index in [1.165, 1.54) is 11.0 Å². The number of halogens is 2. The highest BCUT2D eigenvalue weighted by molar-refractivity contribution is 5.97. The summed E-state index contributed by atoms with van der Waals surface area (Å²) in [7, 11) is 1.58. The molecular formula is C12H13F2NO3. The van der Waals surface area contributed by atoms with Crippen LogP contribution in [-0.2, 0) is 4.79 Å². The maximum absolute atomic E-state index is 12.9. The molecule has 0 radical (unpaired) electrons. The Morgan fingerprint density at radius 3 is 2.50 bits per heavy atom. The van der Waals surface area contributed by atoms with Gasteiger partial charge >= 0.3 is 5.97 Å². The van der Waals surface area contributed by atoms with Gasteiger partial charge in [0.05, 0.1) is 13.0 Å². The highest BCUT2D eigenvalue weighted by atomic mass is 19.2. The maximum Gasteiger partial charge on any atom is 0.304 e. The Labute approximate surface area is 103 Å². The van der Waals surface area contributed by atoms with Crippen molar-refractivity contribution in [2.24, 2.45) is 0 Å². The van der Waals surface area contributed by atoms with Crippen LogP contribution in [0.3, 0.4) is 0 Å². The average molecular weight is 257 g/mol. The summed E-state index contributed by atoms with van der Waals surface area (Å²) in [6, 6.07) is 2.92. The number of nitrogens with zero attached hydrogens (tertiary/aromatic N) is 1. The van der Waals surface area contributed by atoms with E-state index in [1.807, 2.05) is 0 Å². The van der Waals surface area contributed by atoms with E-state index in [2.05, 4.69) is 0 Å². The average Bonchev–Trinajstić information content (AvgIpc) is 2.30. The molecule has 0 aliphatic rings. The maximum atomic E-state index is 12.9. The molecule has 98 valence electrons. The summed E-state index contributed by atoms with van der Waals surface area (Å²) in [6.45, 7) is 0.170. The number of Topliss-reactive ketones (excluding diaryl/α,β-unsaturated/α-hetero) is 1. The van der Waals surface area contributed by atoms with E-state index in [0.29, 0.717) is 0 Å². The number of benzene rings is 1. The van der Waals surface area contributed by atoms with Gasteiger partial charge in [0.25, 0.3) is 0 Å². The van der Waals surface area contributed by atoms with Gasteiger partial charge in [0.1, 0.15) is 0 Å². The number of aliphatic carboxylic acids is 1. The van der Waals surface area contributed by atoms with Crippen molar-refractivity contribution in [3.63, 3.8) is 0 Å². The van der Waals surface area contributed by atoms with Crippen LogP contribution >= 0.6 is 0 Å². The van der Waals surface area contributed by atoms with E-state index in [9.17, 15) is 18.4 Å². The lowest BCUT2D eigenvalue weighted by Crippen LogP contribution is -2.28. The second-order valence-electron chi connectivity index (χ2n) is 3.93. The van der Waals surface area contributed by atoms with Crippen molar-refractivity contribution in [1.29, 1.82) is 0 Å². The number of hydrogen-bond donors (Lipinski definition) is 1. The standard InChI is InChI=1S/C12H13F2NO3/c1-15(5-4-12(17)18)7-11(16)8-2-3-9(13)10(14)6-8/h2-3,6H,4-5,7H2,1H3,(H,17,18). The van der Waals surface area contributed by atoms with Crippen LogP contribution in [0.25, 0.3) is 0 Å². The largest absolute Gasteiger partial charge is 0.481 e. The number of carbonyl (C=O) groups is 2. The Morgan fingerprint density at radius 1 is 1.28 bits per heavy atom. The number of carboxylic acids is 1. The van der Waals surface area contributed by atoms with E-state index in [1.54, 1.807) is 7.05 Å². The van der Waals surface area contributed by atoms with Gasteiger partial charge in [-0.05, 0) is 25.2 Å². The molecule has 1 aromatic carbocycles. The number of hydrogen-bond acceptors (Lipinski definition) is 3. The molecule has 0 heterocycles. The second-order valence-corrected chi connectivity index (χ2v) is 3.93. The zero-order valence-electron chi connectivity index (χ0n) is 9.82. The molecular weight excluding hydrogens is 244 g/mol. The third kappa shape index (κ3) is 4.21. The zero-order chi connectivity index (χ0) is 13.7. The van der Waals surface area contributed by atoms with Crippen molar-refractivity contribution in [3.05, 3.63) is 35.4 Å². The van der Waals surface area contributed by atoms with Gasteiger partial charge in [0.15, 0.2) is 17.4 Å². The Balaban J connectivity index is 2.59. The molecule has 0 saturated heterocycles. The Bertz CT molecular complexity index is 463. The predicted octanol–water partition coefficient (Wildman–Crippen LogP) is 1.55. The van der Waals surface area contributed by atoms with Crippen molar-refractivity contribution >= 4 is 11.8 Å². The fourth-order valence-electron chi connectivity index (χ4n) is 1.37. The summed E-state index contributed by atoms with van der Waals surface area (Å²) in [6.07, 6.45) is -0.0818. The Morgan fingerprint density at radius 2 is 1.94 bits per heavy atom. The number of rotatable bonds is 6. The normalized spacial score (nSPS) is 10.7. The topological polar surface area (TPSA) is 57.6 Å². The van der Waals surface area contributed by atoms with E-state index in [4.69, 9.17) is 5.11 Å². The molecule has 0 saturated carbocycles. The number of carbonyl (C=O) groups excluding carboxylic acids is 1. The third-order valence-corrected chi connectivity index (χ3v) is 2.36. The first-order chi connectivity index (χ1) is 8.40. The van der Waals surface area contributed by atoms with Gasteiger partial charge in [-0.15, -0.1) is 0 Å². The molecule has 1 rings (SSSR count). The van der Waals surface area contributed by atoms with Crippen LogP contribution in [0.1, 0.15) is 16.8 Å². The lowest BCUT2D eigenvalue weighted by atomic mass is 10.1. The van der Waals surface area contributed by atoms with Gasteiger partial charge in [-0.2, -0.15) is 0 Å². The molecule has 6 heteroatoms. The molecule has 0 fully saturated rings. The first-order valence-electron chi connectivity index (χ1n) is 5.28. The lowest BCUT2D eigenvalue weighted by molar-refractivity contribution is -0.137. The monoisotopic (exact) mass is 257 g/mol. The zero-order valence-corrected chi connectivity index (χ0v) is 9.82. The molecule has 0 bridgehead atoms. The van der Waals surface area contributed by atoms with Gasteiger partial charge in [-0.1, -0.05) is 0 Å². The lowest BCUT2D eigenvalue weighted by Gasteiger charge is -2.14. The van der Waals surface area contributed by atoms with Crippen molar-refractivity contribution < 1.29 is 23.5 Å². The van der Waals surface area contributed by atoms with Gasteiger partial charge < -0.3 is 5.11 Å². The molecule has 0 unspecified atom stereocenters. The van der Waals surface area contributed by atoms with Gasteiger partial charge in [0, 0.05) is 12.1 Å². The summed E-state index contributed by atoms with van der Waals surface area (Å²) in [5.74, 6) is -3.43. The van der Waals surface area contributed by atoms with Crippen molar-refractivity contribution in [3.8, 4) is 0 Å². The van der Waals surface area contributed by atoms with Gasteiger partial charge in [-0.3, -0.25) is 14.5 Å². The van der Waals surface area contributed by atoms with Crippen LogP contribution in [0, 0.1) is 11.6 Å². The number of likely N-dealkylation sites (N-methyl/N-ethyl adjacent to an activating group) is 1. The molecule has 1 N–H and O–H groups in total. The van der Waals surface area contributed by atoms with Crippen LogP contribution in [0.5, 0.6) is 0 Å². The Kier molecular flexibility index (Phi) is 4.91. The van der Waals surface area contributed by atoms with Crippen LogP contribution in [0.4, 0.5) is 8.78 Å². The van der Waals surface area contributed by atoms with Crippen LogP contribution in [-0.4, -0.2) is 41.9 Å². The van der Waals surface area contributed by atoms with E-state index >= 15 is 0 Å². The molecule has 18 heavy (non-hydrogen) atoms. The summed E-state index contributed by atoms with van der Waals surface area (Å²) in [5.41, 5.74) is 0.0658. The molecule has 0 spiro atoms. The minimum atomic E-state index is -1.07. The summed E-state index contributed by atoms with van der Waals surface area (Å²) < 4.78 is 25.6. The third-order valence-electron chi connectivity index (χ3n) is 2.36. The van der Waals surface area contributed by atoms with E-state index < -0.39 is 17.6 Å². The number of carboxylic acid groups (broad SMARTS) is 1. The molecule has 0 aliphatic carbocycles. The molecule has 0 aliphatic heterocycles. The first-order valence-corrected chi connectivity index (χ1v) is 5.28. The highest BCUT2D eigenvalue weighted by Crippen LogP contribution is 2.09. The summed E-state index contributed by atoms with van der Waals surface area (Å²) >= 11 is 0. The van der Waals surface area contributed by atoms with Crippen LogP contribution in [0.15, 0.2) is 18.2 Å². The molecule has 0 aromatic heterocycles. The van der Waals surface area contributed by atoms with Crippen LogP contribution < -0.4 is 0 Å². The molecule has 4 nitrogen and oxygen atoms in total. The molecule has 0 atom stereocenters. The fraction of sp³-hybridized carbons (Fsp3) is 0.333. The van der Waals surface area contributed by atoms with Gasteiger partial charge in [0.2, 0.25) is 0 Å². The number of ketones is 1. The van der Waals surface area contributed by atoms with Crippen LogP contribution in [0.2, 0.25) is 0 Å². The fourth-order valence-corrected chi connectivity index (χ4v) is 1.37. The van der Waals surface area contributed by atoms with Crippen molar-refractivity contribution in [2.45, 2.75) is 6.42 Å². The van der Waals surface area contributed by atoms with Crippen molar-refractivity contribution in [2.75, 3.05) is 20.1 Å². The van der Waals surface area contributed by atoms with Crippen molar-refractivity contribution in [1.82, 2.24) is 4.90 Å².